The standard InChI is InChI=1S/C25H33N3O2/c1-19-10-11-20(2)23(17-19)26-25(29)24(21-7-4-3-5-8-21)28-14-12-27(13-15-28)18-22-9-6-16-30-22/h3-5,7-8,10-11,17,22,24H,6,9,12-16,18H2,1-2H3,(H,26,29)/t22-,24-/m1/s1. The van der Waals surface area contributed by atoms with Crippen LogP contribution in [0.5, 0.6) is 0 Å². The van der Waals surface area contributed by atoms with E-state index >= 15 is 0 Å². The number of ether oxygens (including phenoxy) is 1. The topological polar surface area (TPSA) is 44.8 Å². The van der Waals surface area contributed by atoms with E-state index in [0.717, 1.165) is 61.7 Å². The first-order valence-corrected chi connectivity index (χ1v) is 11.1. The number of carbonyl (C=O) groups is 1. The van der Waals surface area contributed by atoms with Crippen LogP contribution < -0.4 is 5.32 Å². The van der Waals surface area contributed by atoms with Crippen LogP contribution in [0.15, 0.2) is 48.5 Å². The van der Waals surface area contributed by atoms with Gasteiger partial charge in [-0.2, -0.15) is 0 Å². The minimum Gasteiger partial charge on any atom is -0.377 e. The van der Waals surface area contributed by atoms with Crippen molar-refractivity contribution < 1.29 is 9.53 Å². The van der Waals surface area contributed by atoms with Gasteiger partial charge in [0.15, 0.2) is 0 Å². The molecule has 2 fully saturated rings. The highest BCUT2D eigenvalue weighted by Crippen LogP contribution is 2.26. The Morgan fingerprint density at radius 2 is 1.87 bits per heavy atom. The summed E-state index contributed by atoms with van der Waals surface area (Å²) >= 11 is 0. The number of anilines is 1. The van der Waals surface area contributed by atoms with Gasteiger partial charge in [-0.25, -0.2) is 0 Å². The van der Waals surface area contributed by atoms with Crippen LogP contribution in [0.2, 0.25) is 0 Å². The van der Waals surface area contributed by atoms with Crippen molar-refractivity contribution in [2.45, 2.75) is 38.8 Å². The summed E-state index contributed by atoms with van der Waals surface area (Å²) in [7, 11) is 0. The van der Waals surface area contributed by atoms with Crippen molar-refractivity contribution in [3.63, 3.8) is 0 Å². The van der Waals surface area contributed by atoms with Gasteiger partial charge in [0.2, 0.25) is 5.91 Å². The van der Waals surface area contributed by atoms with Crippen LogP contribution in [0.4, 0.5) is 5.69 Å². The summed E-state index contributed by atoms with van der Waals surface area (Å²) in [6.45, 7) is 9.71. The predicted molar refractivity (Wildman–Crippen MR) is 121 cm³/mol. The number of nitrogens with zero attached hydrogens (tertiary/aromatic N) is 2. The van der Waals surface area contributed by atoms with E-state index in [1.165, 1.54) is 12.8 Å². The van der Waals surface area contributed by atoms with Gasteiger partial charge in [-0.3, -0.25) is 14.6 Å². The first-order chi connectivity index (χ1) is 14.6. The third-order valence-corrected chi connectivity index (χ3v) is 6.27. The number of amides is 1. The molecule has 5 heteroatoms. The summed E-state index contributed by atoms with van der Waals surface area (Å²) in [5.41, 5.74) is 4.18. The third kappa shape index (κ3) is 5.09. The molecule has 1 N–H and O–H groups in total. The molecule has 0 aromatic heterocycles. The first kappa shape index (κ1) is 21.0. The highest BCUT2D eigenvalue weighted by atomic mass is 16.5. The Bertz CT molecular complexity index is 841. The number of hydrogen-bond donors (Lipinski definition) is 1. The second-order valence-electron chi connectivity index (χ2n) is 8.59. The largest absolute Gasteiger partial charge is 0.377 e. The highest BCUT2D eigenvalue weighted by Gasteiger charge is 2.31. The molecule has 2 aliphatic heterocycles. The van der Waals surface area contributed by atoms with E-state index in [4.69, 9.17) is 4.74 Å². The molecule has 4 rings (SSSR count). The van der Waals surface area contributed by atoms with E-state index in [-0.39, 0.29) is 11.9 Å². The molecule has 2 aromatic rings. The summed E-state index contributed by atoms with van der Waals surface area (Å²) in [6, 6.07) is 16.1. The van der Waals surface area contributed by atoms with Crippen molar-refractivity contribution in [2.75, 3.05) is 44.6 Å². The Labute approximate surface area is 180 Å². The Kier molecular flexibility index (Phi) is 6.82. The Hall–Kier alpha value is -2.21. The molecule has 0 bridgehead atoms. The van der Waals surface area contributed by atoms with Crippen molar-refractivity contribution in [3.8, 4) is 0 Å². The van der Waals surface area contributed by atoms with Crippen LogP contribution in [-0.2, 0) is 9.53 Å². The molecule has 1 amide bonds. The normalized spacial score (nSPS) is 21.5. The fourth-order valence-electron chi connectivity index (χ4n) is 4.52. The first-order valence-electron chi connectivity index (χ1n) is 11.1. The zero-order valence-corrected chi connectivity index (χ0v) is 18.1. The van der Waals surface area contributed by atoms with Crippen molar-refractivity contribution in [1.29, 1.82) is 0 Å². The molecule has 2 aromatic carbocycles. The molecule has 0 saturated carbocycles. The quantitative estimate of drug-likeness (QED) is 0.792. The summed E-state index contributed by atoms with van der Waals surface area (Å²) < 4.78 is 5.81. The maximum atomic E-state index is 13.4. The van der Waals surface area contributed by atoms with E-state index in [2.05, 4.69) is 52.4 Å². The van der Waals surface area contributed by atoms with Crippen molar-refractivity contribution in [2.24, 2.45) is 0 Å². The second-order valence-corrected chi connectivity index (χ2v) is 8.59. The maximum Gasteiger partial charge on any atom is 0.246 e. The number of rotatable bonds is 6. The van der Waals surface area contributed by atoms with Gasteiger partial charge in [-0.1, -0.05) is 42.5 Å². The van der Waals surface area contributed by atoms with Gasteiger partial charge in [-0.15, -0.1) is 0 Å². The van der Waals surface area contributed by atoms with Crippen LogP contribution in [-0.4, -0.2) is 61.1 Å². The molecular formula is C25H33N3O2. The molecule has 2 aliphatic rings. The third-order valence-electron chi connectivity index (χ3n) is 6.27. The monoisotopic (exact) mass is 407 g/mol. The second kappa shape index (κ2) is 9.73. The molecular weight excluding hydrogens is 374 g/mol. The zero-order chi connectivity index (χ0) is 20.9. The van der Waals surface area contributed by atoms with E-state index in [1.807, 2.05) is 25.1 Å². The van der Waals surface area contributed by atoms with Gasteiger partial charge in [0.1, 0.15) is 6.04 Å². The summed E-state index contributed by atoms with van der Waals surface area (Å²) in [5, 5.41) is 3.20. The van der Waals surface area contributed by atoms with Gasteiger partial charge in [0.25, 0.3) is 0 Å². The summed E-state index contributed by atoms with van der Waals surface area (Å²) in [4.78, 5) is 18.3. The molecule has 0 aliphatic carbocycles. The van der Waals surface area contributed by atoms with E-state index in [0.29, 0.717) is 6.10 Å². The minimum atomic E-state index is -0.281. The molecule has 2 heterocycles. The number of piperazine rings is 1. The van der Waals surface area contributed by atoms with Crippen LogP contribution >= 0.6 is 0 Å². The molecule has 0 radical (unpaired) electrons. The lowest BCUT2D eigenvalue weighted by Crippen LogP contribution is -2.51. The summed E-state index contributed by atoms with van der Waals surface area (Å²) in [5.74, 6) is 0.0440. The smallest absolute Gasteiger partial charge is 0.246 e. The van der Waals surface area contributed by atoms with Crippen LogP contribution in [0.3, 0.4) is 0 Å². The van der Waals surface area contributed by atoms with Crippen molar-refractivity contribution in [3.05, 3.63) is 65.2 Å². The minimum absolute atomic E-state index is 0.0440. The van der Waals surface area contributed by atoms with Gasteiger partial charge in [-0.05, 0) is 49.4 Å². The molecule has 30 heavy (non-hydrogen) atoms. The van der Waals surface area contributed by atoms with E-state index in [1.54, 1.807) is 0 Å². The Balaban J connectivity index is 1.46. The number of carbonyl (C=O) groups excluding carboxylic acids is 1. The van der Waals surface area contributed by atoms with Crippen molar-refractivity contribution in [1.82, 2.24) is 9.80 Å². The Morgan fingerprint density at radius 3 is 2.57 bits per heavy atom. The number of aryl methyl sites for hydroxylation is 2. The number of hydrogen-bond acceptors (Lipinski definition) is 4. The molecule has 0 unspecified atom stereocenters. The molecule has 160 valence electrons. The SMILES string of the molecule is Cc1ccc(C)c(NC(=O)[C@@H](c2ccccc2)N2CCN(C[C@H]3CCCO3)CC2)c1. The van der Waals surface area contributed by atoms with Crippen molar-refractivity contribution >= 4 is 11.6 Å². The molecule has 2 atom stereocenters. The fourth-order valence-corrected chi connectivity index (χ4v) is 4.52. The lowest BCUT2D eigenvalue weighted by molar-refractivity contribution is -0.122. The van der Waals surface area contributed by atoms with Gasteiger partial charge in [0, 0.05) is 45.0 Å². The molecule has 5 nitrogen and oxygen atoms in total. The van der Waals surface area contributed by atoms with E-state index in [9.17, 15) is 4.79 Å². The maximum absolute atomic E-state index is 13.4. The van der Waals surface area contributed by atoms with E-state index < -0.39 is 0 Å². The number of nitrogens with one attached hydrogen (secondary N) is 1. The average Bonchev–Trinajstić information content (AvgIpc) is 3.26. The van der Waals surface area contributed by atoms with Gasteiger partial charge < -0.3 is 10.1 Å². The van der Waals surface area contributed by atoms with Crippen LogP contribution in [0.1, 0.15) is 35.6 Å². The van der Waals surface area contributed by atoms with Crippen LogP contribution in [0, 0.1) is 13.8 Å². The predicted octanol–water partition coefficient (Wildman–Crippen LogP) is 3.78. The van der Waals surface area contributed by atoms with Crippen LogP contribution in [0.25, 0.3) is 0 Å². The average molecular weight is 408 g/mol. The highest BCUT2D eigenvalue weighted by molar-refractivity contribution is 5.96. The molecule has 0 spiro atoms. The zero-order valence-electron chi connectivity index (χ0n) is 18.1. The lowest BCUT2D eigenvalue weighted by atomic mass is 10.0. The molecule has 2 saturated heterocycles. The Morgan fingerprint density at radius 1 is 1.10 bits per heavy atom. The fraction of sp³-hybridized carbons (Fsp3) is 0.480. The van der Waals surface area contributed by atoms with Gasteiger partial charge in [0.05, 0.1) is 6.10 Å². The number of benzene rings is 2. The van der Waals surface area contributed by atoms with Gasteiger partial charge >= 0.3 is 0 Å². The summed E-state index contributed by atoms with van der Waals surface area (Å²) in [6.07, 6.45) is 2.73. The lowest BCUT2D eigenvalue weighted by Gasteiger charge is -2.39.